The van der Waals surface area contributed by atoms with Gasteiger partial charge >= 0.3 is 0 Å². The van der Waals surface area contributed by atoms with Gasteiger partial charge in [-0.1, -0.05) is 47.5 Å². The Labute approximate surface area is 163 Å². The molecule has 0 atom stereocenters. The zero-order valence-corrected chi connectivity index (χ0v) is 16.7. The molecule has 27 heavy (non-hydrogen) atoms. The monoisotopic (exact) mass is 365 g/mol. The van der Waals surface area contributed by atoms with Crippen LogP contribution in [0.4, 0.5) is 5.69 Å². The van der Waals surface area contributed by atoms with E-state index in [1.807, 2.05) is 31.2 Å². The lowest BCUT2D eigenvalue weighted by atomic mass is 10.0. The number of nitrogens with zero attached hydrogens (tertiary/aromatic N) is 2. The Hall–Kier alpha value is -2.17. The van der Waals surface area contributed by atoms with Gasteiger partial charge < -0.3 is 5.32 Å². The Bertz CT molecular complexity index is 748. The number of carbonyl (C=O) groups is 1. The summed E-state index contributed by atoms with van der Waals surface area (Å²) in [6, 6.07) is 17.3. The molecular formula is C23H31N3O. The van der Waals surface area contributed by atoms with Crippen LogP contribution in [0.3, 0.4) is 0 Å². The van der Waals surface area contributed by atoms with Gasteiger partial charge in [-0.2, -0.15) is 0 Å². The van der Waals surface area contributed by atoms with Crippen LogP contribution in [-0.4, -0.2) is 48.4 Å². The topological polar surface area (TPSA) is 35.6 Å². The first kappa shape index (κ1) is 19.6. The summed E-state index contributed by atoms with van der Waals surface area (Å²) in [6.07, 6.45) is 2.22. The van der Waals surface area contributed by atoms with E-state index in [2.05, 4.69) is 53.4 Å². The highest BCUT2D eigenvalue weighted by Crippen LogP contribution is 2.18. The fraction of sp³-hybridized carbons (Fsp3) is 0.435. The van der Waals surface area contributed by atoms with E-state index in [0.29, 0.717) is 12.6 Å². The molecule has 1 saturated heterocycles. The molecular weight excluding hydrogens is 334 g/mol. The molecule has 0 aromatic heterocycles. The first-order chi connectivity index (χ1) is 13.0. The van der Waals surface area contributed by atoms with E-state index in [-0.39, 0.29) is 5.91 Å². The Balaban J connectivity index is 1.42. The van der Waals surface area contributed by atoms with Gasteiger partial charge in [0, 0.05) is 31.4 Å². The Morgan fingerprint density at radius 2 is 1.78 bits per heavy atom. The van der Waals surface area contributed by atoms with Gasteiger partial charge in [-0.25, -0.2) is 0 Å². The molecule has 3 rings (SSSR count). The van der Waals surface area contributed by atoms with Gasteiger partial charge in [-0.15, -0.1) is 0 Å². The molecule has 0 unspecified atom stereocenters. The molecule has 1 fully saturated rings. The Kier molecular flexibility index (Phi) is 6.64. The number of rotatable bonds is 6. The van der Waals surface area contributed by atoms with Crippen molar-refractivity contribution < 1.29 is 4.79 Å². The average Bonchev–Trinajstić information content (AvgIpc) is 2.64. The number of amides is 1. The van der Waals surface area contributed by atoms with Crippen molar-refractivity contribution in [3.8, 4) is 0 Å². The lowest BCUT2D eigenvalue weighted by molar-refractivity contribution is -0.117. The molecule has 1 aliphatic rings. The van der Waals surface area contributed by atoms with E-state index in [1.54, 1.807) is 0 Å². The first-order valence-corrected chi connectivity index (χ1v) is 9.84. The Morgan fingerprint density at radius 1 is 1.07 bits per heavy atom. The van der Waals surface area contributed by atoms with Crippen molar-refractivity contribution in [1.82, 2.24) is 9.80 Å². The summed E-state index contributed by atoms with van der Waals surface area (Å²) in [7, 11) is 2.22. The fourth-order valence-electron chi connectivity index (χ4n) is 3.79. The van der Waals surface area contributed by atoms with Crippen molar-refractivity contribution in [3.05, 3.63) is 65.2 Å². The summed E-state index contributed by atoms with van der Waals surface area (Å²) < 4.78 is 0. The predicted octanol–water partition coefficient (Wildman–Crippen LogP) is 3.84. The summed E-state index contributed by atoms with van der Waals surface area (Å²) in [6.45, 7) is 7.60. The number of carbonyl (C=O) groups excluding carboxylic acids is 1. The number of hydrogen-bond donors (Lipinski definition) is 1. The number of aryl methyl sites for hydroxylation is 2. The molecule has 1 heterocycles. The molecule has 144 valence electrons. The van der Waals surface area contributed by atoms with Gasteiger partial charge in [-0.05, 0) is 51.4 Å². The van der Waals surface area contributed by atoms with Crippen LogP contribution >= 0.6 is 0 Å². The van der Waals surface area contributed by atoms with Crippen LogP contribution in [0, 0.1) is 13.8 Å². The molecule has 0 spiro atoms. The lowest BCUT2D eigenvalue weighted by Crippen LogP contribution is -2.45. The van der Waals surface area contributed by atoms with Crippen LogP contribution in [-0.2, 0) is 11.3 Å². The number of benzene rings is 2. The maximum atomic E-state index is 12.3. The summed E-state index contributed by atoms with van der Waals surface area (Å²) in [5, 5.41) is 3.00. The van der Waals surface area contributed by atoms with Gasteiger partial charge in [0.2, 0.25) is 5.91 Å². The van der Waals surface area contributed by atoms with E-state index < -0.39 is 0 Å². The van der Waals surface area contributed by atoms with Crippen LogP contribution in [0.15, 0.2) is 48.5 Å². The molecule has 4 nitrogen and oxygen atoms in total. The largest absolute Gasteiger partial charge is 0.325 e. The van der Waals surface area contributed by atoms with Crippen molar-refractivity contribution >= 4 is 11.6 Å². The molecule has 1 aliphatic heterocycles. The molecule has 1 amide bonds. The molecule has 1 N–H and O–H groups in total. The minimum absolute atomic E-state index is 0.0745. The van der Waals surface area contributed by atoms with Gasteiger partial charge in [0.15, 0.2) is 0 Å². The quantitative estimate of drug-likeness (QED) is 0.845. The third kappa shape index (κ3) is 5.91. The maximum absolute atomic E-state index is 12.3. The minimum atomic E-state index is 0.0745. The van der Waals surface area contributed by atoms with Crippen molar-refractivity contribution in [3.63, 3.8) is 0 Å². The van der Waals surface area contributed by atoms with Crippen molar-refractivity contribution in [2.24, 2.45) is 0 Å². The summed E-state index contributed by atoms with van der Waals surface area (Å²) in [5.74, 6) is 0.0745. The molecule has 0 radical (unpaired) electrons. The number of anilines is 1. The maximum Gasteiger partial charge on any atom is 0.238 e. The average molecular weight is 366 g/mol. The Morgan fingerprint density at radius 3 is 2.44 bits per heavy atom. The summed E-state index contributed by atoms with van der Waals surface area (Å²) >= 11 is 0. The van der Waals surface area contributed by atoms with Crippen LogP contribution in [0.25, 0.3) is 0 Å². The first-order valence-electron chi connectivity index (χ1n) is 9.84. The van der Waals surface area contributed by atoms with Crippen molar-refractivity contribution in [1.29, 1.82) is 0 Å². The highest BCUT2D eigenvalue weighted by molar-refractivity contribution is 5.92. The van der Waals surface area contributed by atoms with Crippen molar-refractivity contribution in [2.75, 3.05) is 32.0 Å². The van der Waals surface area contributed by atoms with Gasteiger partial charge in [0.05, 0.1) is 6.54 Å². The second-order valence-corrected chi connectivity index (χ2v) is 7.83. The van der Waals surface area contributed by atoms with E-state index in [0.717, 1.165) is 38.2 Å². The van der Waals surface area contributed by atoms with Crippen LogP contribution in [0.5, 0.6) is 0 Å². The highest BCUT2D eigenvalue weighted by atomic mass is 16.2. The SMILES string of the molecule is Cc1ccc(NC(=O)CN2CCC(N(C)Cc3cccc(C)c3)CC2)cc1. The van der Waals surface area contributed by atoms with Crippen LogP contribution in [0.2, 0.25) is 0 Å². The summed E-state index contributed by atoms with van der Waals surface area (Å²) in [5.41, 5.74) is 4.76. The second kappa shape index (κ2) is 9.16. The van der Waals surface area contributed by atoms with E-state index in [9.17, 15) is 4.79 Å². The molecule has 0 bridgehead atoms. The zero-order chi connectivity index (χ0) is 19.2. The van der Waals surface area contributed by atoms with Crippen LogP contribution in [0.1, 0.15) is 29.5 Å². The minimum Gasteiger partial charge on any atom is -0.325 e. The zero-order valence-electron chi connectivity index (χ0n) is 16.7. The molecule has 2 aromatic rings. The third-order valence-corrected chi connectivity index (χ3v) is 5.40. The van der Waals surface area contributed by atoms with Gasteiger partial charge in [-0.3, -0.25) is 14.6 Å². The molecule has 4 heteroatoms. The standard InChI is InChI=1S/C23H31N3O/c1-18-7-9-21(10-8-18)24-23(27)17-26-13-11-22(12-14-26)25(3)16-20-6-4-5-19(2)15-20/h4-10,15,22H,11-14,16-17H2,1-3H3,(H,24,27). The molecule has 0 aliphatic carbocycles. The number of piperidine rings is 1. The lowest BCUT2D eigenvalue weighted by Gasteiger charge is -2.36. The number of likely N-dealkylation sites (tertiary alicyclic amines) is 1. The van der Waals surface area contributed by atoms with E-state index >= 15 is 0 Å². The second-order valence-electron chi connectivity index (χ2n) is 7.83. The molecule has 2 aromatic carbocycles. The normalized spacial score (nSPS) is 15.9. The smallest absolute Gasteiger partial charge is 0.238 e. The van der Waals surface area contributed by atoms with E-state index in [1.165, 1.54) is 16.7 Å². The van der Waals surface area contributed by atoms with Gasteiger partial charge in [0.1, 0.15) is 0 Å². The number of hydrogen-bond acceptors (Lipinski definition) is 3. The highest BCUT2D eigenvalue weighted by Gasteiger charge is 2.23. The van der Waals surface area contributed by atoms with Gasteiger partial charge in [0.25, 0.3) is 0 Å². The molecule has 0 saturated carbocycles. The van der Waals surface area contributed by atoms with Crippen molar-refractivity contribution in [2.45, 2.75) is 39.3 Å². The predicted molar refractivity (Wildman–Crippen MR) is 112 cm³/mol. The fourth-order valence-corrected chi connectivity index (χ4v) is 3.79. The van der Waals surface area contributed by atoms with Crippen LogP contribution < -0.4 is 5.32 Å². The van der Waals surface area contributed by atoms with E-state index in [4.69, 9.17) is 0 Å². The number of nitrogens with one attached hydrogen (secondary N) is 1. The third-order valence-electron chi connectivity index (χ3n) is 5.40. The summed E-state index contributed by atoms with van der Waals surface area (Å²) in [4.78, 5) is 17.0.